The molecule has 0 saturated heterocycles. The summed E-state index contributed by atoms with van der Waals surface area (Å²) >= 11 is 0. The second kappa shape index (κ2) is 6.61. The lowest BCUT2D eigenvalue weighted by Crippen LogP contribution is -2.28. The number of nitrogens with one attached hydrogen (secondary N) is 1. The van der Waals surface area contributed by atoms with E-state index in [1.165, 1.54) is 11.1 Å². The van der Waals surface area contributed by atoms with Gasteiger partial charge in [-0.1, -0.05) is 49.0 Å². The third-order valence-corrected chi connectivity index (χ3v) is 3.04. The highest BCUT2D eigenvalue weighted by Gasteiger charge is 2.15. The average molecular weight is 231 g/mol. The molecular formula is C16H25N. The molecule has 0 saturated carbocycles. The Hall–Kier alpha value is -1.08. The molecule has 0 amide bonds. The van der Waals surface area contributed by atoms with Crippen molar-refractivity contribution < 1.29 is 0 Å². The van der Waals surface area contributed by atoms with E-state index in [2.05, 4.69) is 57.0 Å². The van der Waals surface area contributed by atoms with Crippen LogP contribution in [0.4, 0.5) is 0 Å². The van der Waals surface area contributed by atoms with E-state index >= 15 is 0 Å². The van der Waals surface area contributed by atoms with Crippen molar-refractivity contribution in [3.63, 3.8) is 0 Å². The minimum atomic E-state index is 0.453. The summed E-state index contributed by atoms with van der Waals surface area (Å²) in [4.78, 5) is 0. The van der Waals surface area contributed by atoms with Crippen molar-refractivity contribution in [1.82, 2.24) is 5.32 Å². The zero-order valence-electron chi connectivity index (χ0n) is 11.6. The van der Waals surface area contributed by atoms with Crippen LogP contribution in [0.3, 0.4) is 0 Å². The fourth-order valence-electron chi connectivity index (χ4n) is 2.22. The third-order valence-electron chi connectivity index (χ3n) is 3.04. The van der Waals surface area contributed by atoms with Gasteiger partial charge < -0.3 is 5.32 Å². The van der Waals surface area contributed by atoms with Crippen molar-refractivity contribution in [3.05, 3.63) is 47.6 Å². The van der Waals surface area contributed by atoms with Crippen LogP contribution in [0.15, 0.2) is 47.6 Å². The lowest BCUT2D eigenvalue weighted by molar-refractivity contribution is 0.618. The van der Waals surface area contributed by atoms with E-state index < -0.39 is 0 Å². The number of allylic oxidation sites excluding steroid dienone is 4. The van der Waals surface area contributed by atoms with Crippen LogP contribution in [0.2, 0.25) is 0 Å². The molecule has 0 fully saturated rings. The van der Waals surface area contributed by atoms with Crippen LogP contribution >= 0.6 is 0 Å². The minimum absolute atomic E-state index is 0.453. The van der Waals surface area contributed by atoms with Gasteiger partial charge in [-0.3, -0.25) is 0 Å². The highest BCUT2D eigenvalue weighted by molar-refractivity contribution is 5.40. The van der Waals surface area contributed by atoms with Gasteiger partial charge in [0.15, 0.2) is 0 Å². The Morgan fingerprint density at radius 2 is 2.24 bits per heavy atom. The standard InChI is InChI=1S/C16H25N/c1-12(2)8-6-7-9-17-15(5)16-11-13(3)10-14(16)4/h6,8,10-11,13,15,17H,1,7,9H2,2-5H3/b8-6-. The summed E-state index contributed by atoms with van der Waals surface area (Å²) in [5.41, 5.74) is 4.00. The van der Waals surface area contributed by atoms with Crippen molar-refractivity contribution in [3.8, 4) is 0 Å². The fourth-order valence-corrected chi connectivity index (χ4v) is 2.22. The molecule has 0 radical (unpaired) electrons. The molecule has 0 aliphatic heterocycles. The molecule has 1 rings (SSSR count). The first-order chi connectivity index (χ1) is 8.00. The highest BCUT2D eigenvalue weighted by atomic mass is 14.9. The third kappa shape index (κ3) is 4.74. The Labute approximate surface area is 106 Å². The van der Waals surface area contributed by atoms with Crippen molar-refractivity contribution >= 4 is 0 Å². The van der Waals surface area contributed by atoms with E-state index in [4.69, 9.17) is 0 Å². The maximum Gasteiger partial charge on any atom is 0.0291 e. The molecule has 1 aliphatic carbocycles. The lowest BCUT2D eigenvalue weighted by atomic mass is 10.0. The molecule has 0 aromatic heterocycles. The molecule has 0 aromatic rings. The van der Waals surface area contributed by atoms with Crippen LogP contribution in [0.25, 0.3) is 0 Å². The number of rotatable bonds is 6. The van der Waals surface area contributed by atoms with E-state index in [0.717, 1.165) is 18.5 Å². The van der Waals surface area contributed by atoms with Gasteiger partial charge in [0.25, 0.3) is 0 Å². The van der Waals surface area contributed by atoms with Crippen LogP contribution in [0, 0.1) is 5.92 Å². The van der Waals surface area contributed by atoms with Crippen LogP contribution < -0.4 is 5.32 Å². The SMILES string of the molecule is C=C(C)/C=C\CCNC(C)C1=CC(C)C=C1C. The lowest BCUT2D eigenvalue weighted by Gasteiger charge is -2.16. The summed E-state index contributed by atoms with van der Waals surface area (Å²) in [5.74, 6) is 0.595. The molecule has 1 N–H and O–H groups in total. The van der Waals surface area contributed by atoms with E-state index in [1.54, 1.807) is 0 Å². The van der Waals surface area contributed by atoms with E-state index in [0.29, 0.717) is 12.0 Å². The van der Waals surface area contributed by atoms with Crippen LogP contribution in [-0.4, -0.2) is 12.6 Å². The number of hydrogen-bond donors (Lipinski definition) is 1. The van der Waals surface area contributed by atoms with Gasteiger partial charge in [0.1, 0.15) is 0 Å². The molecule has 17 heavy (non-hydrogen) atoms. The van der Waals surface area contributed by atoms with Gasteiger partial charge in [-0.25, -0.2) is 0 Å². The van der Waals surface area contributed by atoms with Crippen molar-refractivity contribution in [2.45, 2.75) is 40.2 Å². The Balaban J connectivity index is 2.31. The summed E-state index contributed by atoms with van der Waals surface area (Å²) in [7, 11) is 0. The van der Waals surface area contributed by atoms with Crippen molar-refractivity contribution in [2.75, 3.05) is 6.54 Å². The summed E-state index contributed by atoms with van der Waals surface area (Å²) in [6.45, 7) is 13.6. The summed E-state index contributed by atoms with van der Waals surface area (Å²) in [6.07, 6.45) is 10.00. The summed E-state index contributed by atoms with van der Waals surface area (Å²) in [5, 5.41) is 3.56. The fraction of sp³-hybridized carbons (Fsp3) is 0.500. The molecule has 1 nitrogen and oxygen atoms in total. The molecule has 0 aromatic carbocycles. The Bertz CT molecular complexity index is 358. The first kappa shape index (κ1) is 14.0. The van der Waals surface area contributed by atoms with Gasteiger partial charge in [0.2, 0.25) is 0 Å². The first-order valence-electron chi connectivity index (χ1n) is 6.46. The Morgan fingerprint density at radius 3 is 2.76 bits per heavy atom. The predicted octanol–water partition coefficient (Wildman–Crippen LogP) is 4.01. The van der Waals surface area contributed by atoms with E-state index in [1.807, 2.05) is 6.92 Å². The molecule has 0 bridgehead atoms. The first-order valence-corrected chi connectivity index (χ1v) is 6.46. The van der Waals surface area contributed by atoms with E-state index in [-0.39, 0.29) is 0 Å². The van der Waals surface area contributed by atoms with Gasteiger partial charge in [0, 0.05) is 6.04 Å². The van der Waals surface area contributed by atoms with E-state index in [9.17, 15) is 0 Å². The monoisotopic (exact) mass is 231 g/mol. The van der Waals surface area contributed by atoms with Gasteiger partial charge in [-0.2, -0.15) is 0 Å². The molecule has 94 valence electrons. The van der Waals surface area contributed by atoms with Gasteiger partial charge in [0.05, 0.1) is 0 Å². The van der Waals surface area contributed by atoms with Crippen molar-refractivity contribution in [2.24, 2.45) is 5.92 Å². The second-order valence-electron chi connectivity index (χ2n) is 5.04. The zero-order valence-corrected chi connectivity index (χ0v) is 11.6. The minimum Gasteiger partial charge on any atom is -0.310 e. The molecule has 2 unspecified atom stereocenters. The molecular weight excluding hydrogens is 206 g/mol. The normalized spacial score (nSPS) is 21.5. The van der Waals surface area contributed by atoms with Crippen LogP contribution in [-0.2, 0) is 0 Å². The predicted molar refractivity (Wildman–Crippen MR) is 77.0 cm³/mol. The average Bonchev–Trinajstić information content (AvgIpc) is 2.56. The molecule has 1 aliphatic rings. The number of hydrogen-bond acceptors (Lipinski definition) is 1. The molecule has 1 heteroatoms. The summed E-state index contributed by atoms with van der Waals surface area (Å²) in [6, 6.07) is 0.453. The van der Waals surface area contributed by atoms with Crippen LogP contribution in [0.5, 0.6) is 0 Å². The maximum absolute atomic E-state index is 3.85. The Morgan fingerprint density at radius 1 is 1.53 bits per heavy atom. The molecule has 0 spiro atoms. The van der Waals surface area contributed by atoms with Crippen LogP contribution in [0.1, 0.15) is 34.1 Å². The van der Waals surface area contributed by atoms with Crippen molar-refractivity contribution in [1.29, 1.82) is 0 Å². The zero-order chi connectivity index (χ0) is 12.8. The van der Waals surface area contributed by atoms with Gasteiger partial charge in [-0.05, 0) is 45.2 Å². The highest BCUT2D eigenvalue weighted by Crippen LogP contribution is 2.25. The van der Waals surface area contributed by atoms with Gasteiger partial charge in [-0.15, -0.1) is 0 Å². The molecule has 2 atom stereocenters. The summed E-state index contributed by atoms with van der Waals surface area (Å²) < 4.78 is 0. The molecule has 0 heterocycles. The second-order valence-corrected chi connectivity index (χ2v) is 5.04. The largest absolute Gasteiger partial charge is 0.310 e. The maximum atomic E-state index is 3.85. The topological polar surface area (TPSA) is 12.0 Å². The quantitative estimate of drug-likeness (QED) is 0.538. The smallest absolute Gasteiger partial charge is 0.0291 e. The Kier molecular flexibility index (Phi) is 5.43. The van der Waals surface area contributed by atoms with Gasteiger partial charge >= 0.3 is 0 Å².